The lowest BCUT2D eigenvalue weighted by molar-refractivity contribution is -0.113. The first-order valence-electron chi connectivity index (χ1n) is 8.15. The minimum absolute atomic E-state index is 0.129. The number of aromatic nitrogens is 3. The highest BCUT2D eigenvalue weighted by atomic mass is 32.2. The van der Waals surface area contributed by atoms with Crippen molar-refractivity contribution in [3.8, 4) is 11.4 Å². The van der Waals surface area contributed by atoms with Gasteiger partial charge in [0.05, 0.1) is 11.4 Å². The number of rotatable bonds is 6. The molecule has 0 spiro atoms. The fourth-order valence-corrected chi connectivity index (χ4v) is 4.31. The summed E-state index contributed by atoms with van der Waals surface area (Å²) >= 11 is 2.98. The minimum Gasteiger partial charge on any atom is -0.323 e. The maximum absolute atomic E-state index is 13.6. The Morgan fingerprint density at radius 3 is 2.85 bits per heavy atom. The monoisotopic (exact) mass is 390 g/mol. The van der Waals surface area contributed by atoms with E-state index in [0.29, 0.717) is 5.16 Å². The smallest absolute Gasteiger partial charge is 0.234 e. The van der Waals surface area contributed by atoms with E-state index in [1.54, 1.807) is 23.5 Å². The van der Waals surface area contributed by atoms with Gasteiger partial charge in [-0.1, -0.05) is 30.8 Å². The lowest BCUT2D eigenvalue weighted by atomic mass is 10.1. The van der Waals surface area contributed by atoms with Gasteiger partial charge in [0, 0.05) is 22.9 Å². The molecule has 0 aliphatic carbocycles. The number of hydrogen-bond donors (Lipinski definition) is 1. The summed E-state index contributed by atoms with van der Waals surface area (Å²) in [6, 6.07) is 6.10. The fourth-order valence-electron chi connectivity index (χ4n) is 2.66. The molecule has 1 aromatic carbocycles. The number of anilines is 1. The molecule has 3 aromatic rings. The van der Waals surface area contributed by atoms with Crippen LogP contribution in [0, 0.1) is 12.7 Å². The van der Waals surface area contributed by atoms with Crippen LogP contribution in [0.25, 0.3) is 11.4 Å². The third-order valence-corrected chi connectivity index (χ3v) is 5.99. The van der Waals surface area contributed by atoms with Gasteiger partial charge in [-0.3, -0.25) is 4.79 Å². The summed E-state index contributed by atoms with van der Waals surface area (Å²) in [5.41, 5.74) is 2.55. The molecule has 0 radical (unpaired) electrons. The van der Waals surface area contributed by atoms with Crippen LogP contribution >= 0.6 is 23.1 Å². The second-order valence-electron chi connectivity index (χ2n) is 5.72. The van der Waals surface area contributed by atoms with Gasteiger partial charge in [-0.25, -0.2) is 4.39 Å². The number of halogens is 1. The van der Waals surface area contributed by atoms with Crippen molar-refractivity contribution in [2.75, 3.05) is 11.1 Å². The van der Waals surface area contributed by atoms with Crippen LogP contribution in [0.3, 0.4) is 0 Å². The number of carbonyl (C=O) groups excluding carboxylic acids is 1. The van der Waals surface area contributed by atoms with Gasteiger partial charge in [-0.15, -0.1) is 21.5 Å². The van der Waals surface area contributed by atoms with Gasteiger partial charge in [0.25, 0.3) is 0 Å². The standard InChI is InChI=1S/C18H19FN4OS2/c1-4-12-11(2)25-9-13(12)17-21-22-18(23(17)3)26-10-16(24)20-15-8-6-5-7-14(15)19/h5-9H,4,10H2,1-3H3,(H,20,24). The third kappa shape index (κ3) is 3.81. The summed E-state index contributed by atoms with van der Waals surface area (Å²) in [7, 11) is 1.89. The molecule has 8 heteroatoms. The molecule has 1 N–H and O–H groups in total. The molecular weight excluding hydrogens is 371 g/mol. The van der Waals surface area contributed by atoms with Crippen molar-refractivity contribution in [2.24, 2.45) is 7.05 Å². The van der Waals surface area contributed by atoms with E-state index >= 15 is 0 Å². The zero-order valence-corrected chi connectivity index (χ0v) is 16.4. The lowest BCUT2D eigenvalue weighted by Crippen LogP contribution is -2.15. The Labute approximate surface area is 159 Å². The quantitative estimate of drug-likeness (QED) is 0.638. The first kappa shape index (κ1) is 18.6. The van der Waals surface area contributed by atoms with Crippen molar-refractivity contribution in [3.63, 3.8) is 0 Å². The van der Waals surface area contributed by atoms with Gasteiger partial charge < -0.3 is 9.88 Å². The Morgan fingerprint density at radius 2 is 2.12 bits per heavy atom. The van der Waals surface area contributed by atoms with Crippen LogP contribution in [-0.4, -0.2) is 26.4 Å². The number of thiophene rings is 1. The number of aryl methyl sites for hydroxylation is 1. The maximum Gasteiger partial charge on any atom is 0.234 e. The minimum atomic E-state index is -0.452. The maximum atomic E-state index is 13.6. The molecule has 136 valence electrons. The second kappa shape index (κ2) is 8.01. The van der Waals surface area contributed by atoms with Crippen molar-refractivity contribution in [3.05, 3.63) is 45.9 Å². The second-order valence-corrected chi connectivity index (χ2v) is 7.75. The molecule has 0 unspecified atom stereocenters. The first-order chi connectivity index (χ1) is 12.5. The van der Waals surface area contributed by atoms with Gasteiger partial charge in [0.2, 0.25) is 5.91 Å². The summed E-state index contributed by atoms with van der Waals surface area (Å²) in [6.07, 6.45) is 0.936. The number of nitrogens with one attached hydrogen (secondary N) is 1. The average molecular weight is 391 g/mol. The largest absolute Gasteiger partial charge is 0.323 e. The average Bonchev–Trinajstić information content (AvgIpc) is 3.17. The zero-order chi connectivity index (χ0) is 18.7. The Bertz CT molecular complexity index is 935. The lowest BCUT2D eigenvalue weighted by Gasteiger charge is -2.06. The van der Waals surface area contributed by atoms with Gasteiger partial charge in [-0.2, -0.15) is 0 Å². The number of nitrogens with zero attached hydrogens (tertiary/aromatic N) is 3. The molecule has 2 aromatic heterocycles. The molecule has 1 amide bonds. The van der Waals surface area contributed by atoms with E-state index in [4.69, 9.17) is 0 Å². The highest BCUT2D eigenvalue weighted by Crippen LogP contribution is 2.31. The summed E-state index contributed by atoms with van der Waals surface area (Å²) in [4.78, 5) is 13.4. The van der Waals surface area contributed by atoms with Crippen LogP contribution in [0.5, 0.6) is 0 Å². The van der Waals surface area contributed by atoms with Crippen molar-refractivity contribution in [1.82, 2.24) is 14.8 Å². The highest BCUT2D eigenvalue weighted by molar-refractivity contribution is 7.99. The first-order valence-corrected chi connectivity index (χ1v) is 10.0. The van der Waals surface area contributed by atoms with E-state index < -0.39 is 5.82 Å². The van der Waals surface area contributed by atoms with Crippen molar-refractivity contribution >= 4 is 34.7 Å². The Hall–Kier alpha value is -2.19. The fraction of sp³-hybridized carbons (Fsp3) is 0.278. The molecular formula is C18H19FN4OS2. The molecule has 0 atom stereocenters. The Kier molecular flexibility index (Phi) is 5.73. The summed E-state index contributed by atoms with van der Waals surface area (Å²) < 4.78 is 15.5. The van der Waals surface area contributed by atoms with Crippen molar-refractivity contribution in [1.29, 1.82) is 0 Å². The van der Waals surface area contributed by atoms with E-state index in [1.807, 2.05) is 11.6 Å². The van der Waals surface area contributed by atoms with Crippen molar-refractivity contribution < 1.29 is 9.18 Å². The van der Waals surface area contributed by atoms with Gasteiger partial charge in [0.15, 0.2) is 11.0 Å². The van der Waals surface area contributed by atoms with Crippen LogP contribution in [0.2, 0.25) is 0 Å². The van der Waals surface area contributed by atoms with E-state index in [2.05, 4.69) is 34.7 Å². The highest BCUT2D eigenvalue weighted by Gasteiger charge is 2.17. The molecule has 0 saturated carbocycles. The summed E-state index contributed by atoms with van der Waals surface area (Å²) in [5.74, 6) is 0.184. The predicted octanol–water partition coefficient (Wildman–Crippen LogP) is 4.28. The molecule has 3 rings (SSSR count). The molecule has 0 aliphatic rings. The third-order valence-electron chi connectivity index (χ3n) is 4.01. The molecule has 26 heavy (non-hydrogen) atoms. The topological polar surface area (TPSA) is 59.8 Å². The summed E-state index contributed by atoms with van der Waals surface area (Å²) in [6.45, 7) is 4.23. The normalized spacial score (nSPS) is 10.9. The van der Waals surface area contributed by atoms with Crippen LogP contribution in [0.4, 0.5) is 10.1 Å². The Balaban J connectivity index is 1.69. The predicted molar refractivity (Wildman–Crippen MR) is 104 cm³/mol. The van der Waals surface area contributed by atoms with Crippen LogP contribution in [0.15, 0.2) is 34.8 Å². The van der Waals surface area contributed by atoms with Gasteiger partial charge in [-0.05, 0) is 31.0 Å². The van der Waals surface area contributed by atoms with Gasteiger partial charge >= 0.3 is 0 Å². The van der Waals surface area contributed by atoms with E-state index in [0.717, 1.165) is 17.8 Å². The Morgan fingerprint density at radius 1 is 1.35 bits per heavy atom. The molecule has 0 bridgehead atoms. The number of thioether (sulfide) groups is 1. The molecule has 0 fully saturated rings. The number of para-hydroxylation sites is 1. The van der Waals surface area contributed by atoms with Crippen molar-refractivity contribution in [2.45, 2.75) is 25.4 Å². The SMILES string of the molecule is CCc1c(-c2nnc(SCC(=O)Nc3ccccc3F)n2C)csc1C. The number of carbonyl (C=O) groups is 1. The zero-order valence-electron chi connectivity index (χ0n) is 14.7. The molecule has 0 aliphatic heterocycles. The van der Waals surface area contributed by atoms with E-state index in [9.17, 15) is 9.18 Å². The number of hydrogen-bond acceptors (Lipinski definition) is 5. The van der Waals surface area contributed by atoms with Crippen LogP contribution < -0.4 is 5.32 Å². The van der Waals surface area contributed by atoms with Gasteiger partial charge in [0.1, 0.15) is 5.82 Å². The molecule has 0 saturated heterocycles. The molecule has 2 heterocycles. The number of amides is 1. The van der Waals surface area contributed by atoms with Crippen LogP contribution in [-0.2, 0) is 18.3 Å². The van der Waals surface area contributed by atoms with E-state index in [1.165, 1.54) is 34.3 Å². The molecule has 5 nitrogen and oxygen atoms in total. The summed E-state index contributed by atoms with van der Waals surface area (Å²) in [5, 5.41) is 13.8. The van der Waals surface area contributed by atoms with E-state index in [-0.39, 0.29) is 17.3 Å². The number of benzene rings is 1. The van der Waals surface area contributed by atoms with Crippen LogP contribution in [0.1, 0.15) is 17.4 Å².